The maximum absolute atomic E-state index is 13.3. The number of rotatable bonds is 7. The Morgan fingerprint density at radius 1 is 1.03 bits per heavy atom. The van der Waals surface area contributed by atoms with Crippen LogP contribution in [0.3, 0.4) is 0 Å². The highest BCUT2D eigenvalue weighted by Gasteiger charge is 2.33. The lowest BCUT2D eigenvalue weighted by atomic mass is 10.1. The first-order chi connectivity index (χ1) is 16.0. The number of carbonyl (C=O) groups excluding carboxylic acids is 3. The molecule has 0 bridgehead atoms. The predicted octanol–water partition coefficient (Wildman–Crippen LogP) is 3.65. The average molecular weight is 489 g/mol. The third kappa shape index (κ3) is 5.91. The Morgan fingerprint density at radius 2 is 1.71 bits per heavy atom. The van der Waals surface area contributed by atoms with Crippen LogP contribution in [0.4, 0.5) is 16.2 Å². The van der Waals surface area contributed by atoms with E-state index in [-0.39, 0.29) is 25.5 Å². The van der Waals surface area contributed by atoms with Crippen molar-refractivity contribution in [2.45, 2.75) is 32.9 Å². The molecule has 1 heterocycles. The molecule has 0 unspecified atom stereocenters. The quantitative estimate of drug-likeness (QED) is 0.619. The Balaban J connectivity index is 1.81. The fraction of sp³-hybridized carbons (Fsp3) is 0.375. The lowest BCUT2D eigenvalue weighted by Gasteiger charge is -2.36. The van der Waals surface area contributed by atoms with Crippen LogP contribution >= 0.6 is 11.6 Å². The van der Waals surface area contributed by atoms with Gasteiger partial charge in [0.1, 0.15) is 24.6 Å². The van der Waals surface area contributed by atoms with Gasteiger partial charge in [-0.15, -0.1) is 0 Å². The van der Waals surface area contributed by atoms with E-state index < -0.39 is 17.5 Å². The molecule has 2 N–H and O–H groups in total. The number of amides is 4. The van der Waals surface area contributed by atoms with Gasteiger partial charge < -0.3 is 25.0 Å². The number of hydrogen-bond donors (Lipinski definition) is 2. The van der Waals surface area contributed by atoms with Crippen LogP contribution in [-0.4, -0.2) is 55.6 Å². The van der Waals surface area contributed by atoms with Crippen LogP contribution in [0.25, 0.3) is 0 Å². The van der Waals surface area contributed by atoms with Gasteiger partial charge in [0.2, 0.25) is 11.8 Å². The number of benzene rings is 2. The van der Waals surface area contributed by atoms with Crippen LogP contribution in [0.5, 0.6) is 11.5 Å². The average Bonchev–Trinajstić information content (AvgIpc) is 2.75. The van der Waals surface area contributed by atoms with Gasteiger partial charge in [-0.3, -0.25) is 14.5 Å². The second-order valence-corrected chi connectivity index (χ2v) is 9.29. The van der Waals surface area contributed by atoms with E-state index in [1.165, 1.54) is 30.1 Å². The molecule has 1 aliphatic heterocycles. The topological polar surface area (TPSA) is 100 Å². The first kappa shape index (κ1) is 25.2. The molecule has 182 valence electrons. The summed E-state index contributed by atoms with van der Waals surface area (Å²) < 4.78 is 10.5. The molecule has 3 rings (SSSR count). The Hall–Kier alpha value is -3.46. The van der Waals surface area contributed by atoms with Crippen LogP contribution in [0.2, 0.25) is 5.02 Å². The van der Waals surface area contributed by atoms with E-state index in [4.69, 9.17) is 21.1 Å². The molecule has 4 amide bonds. The number of carbonyl (C=O) groups is 3. The predicted molar refractivity (Wildman–Crippen MR) is 131 cm³/mol. The van der Waals surface area contributed by atoms with E-state index in [1.807, 2.05) is 32.9 Å². The summed E-state index contributed by atoms with van der Waals surface area (Å²) in [5.74, 6) is 0.0344. The van der Waals surface area contributed by atoms with E-state index in [1.54, 1.807) is 18.2 Å². The molecule has 0 fully saturated rings. The van der Waals surface area contributed by atoms with Crippen LogP contribution in [0.15, 0.2) is 36.4 Å². The van der Waals surface area contributed by atoms with Gasteiger partial charge in [0.15, 0.2) is 0 Å². The number of nitrogens with zero attached hydrogens (tertiary/aromatic N) is 2. The molecule has 2 aromatic rings. The molecule has 0 spiro atoms. The minimum Gasteiger partial charge on any atom is -0.495 e. The first-order valence-electron chi connectivity index (χ1n) is 10.7. The van der Waals surface area contributed by atoms with Gasteiger partial charge in [-0.05, 0) is 38.5 Å². The molecule has 0 aliphatic carbocycles. The summed E-state index contributed by atoms with van der Waals surface area (Å²) in [6.45, 7) is 5.49. The third-order valence-corrected chi connectivity index (χ3v) is 5.34. The number of nitrogens with one attached hydrogen (secondary N) is 2. The molecule has 0 saturated carbocycles. The number of halogens is 1. The van der Waals surface area contributed by atoms with E-state index in [2.05, 4.69) is 10.6 Å². The Labute approximate surface area is 203 Å². The van der Waals surface area contributed by atoms with Crippen LogP contribution < -0.4 is 25.0 Å². The number of hydrogen-bond acceptors (Lipinski definition) is 5. The van der Waals surface area contributed by atoms with E-state index in [0.29, 0.717) is 27.9 Å². The zero-order chi connectivity index (χ0) is 25.0. The van der Waals surface area contributed by atoms with Crippen molar-refractivity contribution in [1.29, 1.82) is 0 Å². The van der Waals surface area contributed by atoms with Crippen LogP contribution in [0.1, 0.15) is 26.3 Å². The lowest BCUT2D eigenvalue weighted by Crippen LogP contribution is -2.53. The van der Waals surface area contributed by atoms with Crippen molar-refractivity contribution >= 4 is 40.8 Å². The van der Waals surface area contributed by atoms with Gasteiger partial charge in [-0.25, -0.2) is 4.79 Å². The highest BCUT2D eigenvalue weighted by molar-refractivity contribution is 6.32. The second-order valence-electron chi connectivity index (χ2n) is 8.89. The SMILES string of the molecule is COc1cc(OC)c(NC(=O)CN2C(=O)N(CC(=O)NC(C)(C)C)Cc3ccccc32)cc1Cl. The standard InChI is InChI=1S/C24H29ClN4O5/c1-24(2,3)27-22(31)13-28-12-15-8-6-7-9-18(15)29(23(28)32)14-21(30)26-17-10-16(25)19(33-4)11-20(17)34-5/h6-11H,12-14H2,1-5H3,(H,26,30)(H,27,31). The van der Waals surface area contributed by atoms with E-state index in [9.17, 15) is 14.4 Å². The fourth-order valence-corrected chi connectivity index (χ4v) is 3.89. The smallest absolute Gasteiger partial charge is 0.325 e. The van der Waals surface area contributed by atoms with Crippen molar-refractivity contribution < 1.29 is 23.9 Å². The second kappa shape index (κ2) is 10.2. The normalized spacial score (nSPS) is 13.3. The maximum Gasteiger partial charge on any atom is 0.325 e. The summed E-state index contributed by atoms with van der Waals surface area (Å²) in [5, 5.41) is 5.90. The van der Waals surface area contributed by atoms with Gasteiger partial charge in [0, 0.05) is 11.6 Å². The van der Waals surface area contributed by atoms with Crippen LogP contribution in [-0.2, 0) is 16.1 Å². The van der Waals surface area contributed by atoms with E-state index in [0.717, 1.165) is 5.56 Å². The maximum atomic E-state index is 13.3. The van der Waals surface area contributed by atoms with Gasteiger partial charge >= 0.3 is 6.03 Å². The zero-order valence-electron chi connectivity index (χ0n) is 19.9. The van der Waals surface area contributed by atoms with Crippen molar-refractivity contribution in [2.24, 2.45) is 0 Å². The number of ether oxygens (including phenoxy) is 2. The summed E-state index contributed by atoms with van der Waals surface area (Å²) >= 11 is 6.20. The molecule has 0 saturated heterocycles. The number of anilines is 2. The van der Waals surface area contributed by atoms with Gasteiger partial charge in [-0.1, -0.05) is 29.8 Å². The summed E-state index contributed by atoms with van der Waals surface area (Å²) in [5.41, 5.74) is 1.38. The number of para-hydroxylation sites is 1. The van der Waals surface area contributed by atoms with Crippen molar-refractivity contribution in [3.05, 3.63) is 47.0 Å². The minimum absolute atomic E-state index is 0.121. The Kier molecular flexibility index (Phi) is 7.56. The van der Waals surface area contributed by atoms with Crippen molar-refractivity contribution in [3.63, 3.8) is 0 Å². The highest BCUT2D eigenvalue weighted by atomic mass is 35.5. The lowest BCUT2D eigenvalue weighted by molar-refractivity contribution is -0.123. The molecule has 10 heteroatoms. The molecule has 0 aromatic heterocycles. The van der Waals surface area contributed by atoms with Crippen molar-refractivity contribution in [3.8, 4) is 11.5 Å². The molecule has 9 nitrogen and oxygen atoms in total. The largest absolute Gasteiger partial charge is 0.495 e. The zero-order valence-corrected chi connectivity index (χ0v) is 20.7. The fourth-order valence-electron chi connectivity index (χ4n) is 3.65. The highest BCUT2D eigenvalue weighted by Crippen LogP contribution is 2.36. The first-order valence-corrected chi connectivity index (χ1v) is 11.1. The van der Waals surface area contributed by atoms with Crippen LogP contribution in [0, 0.1) is 0 Å². The van der Waals surface area contributed by atoms with Crippen molar-refractivity contribution in [2.75, 3.05) is 37.5 Å². The summed E-state index contributed by atoms with van der Waals surface area (Å²) in [6, 6.07) is 9.94. The number of urea groups is 1. The van der Waals surface area contributed by atoms with Gasteiger partial charge in [-0.2, -0.15) is 0 Å². The molecule has 2 aromatic carbocycles. The van der Waals surface area contributed by atoms with Gasteiger partial charge in [0.25, 0.3) is 0 Å². The molecule has 0 atom stereocenters. The Bertz CT molecular complexity index is 1100. The number of fused-ring (bicyclic) bond motifs is 1. The molecule has 0 radical (unpaired) electrons. The van der Waals surface area contributed by atoms with E-state index >= 15 is 0 Å². The molecular formula is C24H29ClN4O5. The summed E-state index contributed by atoms with van der Waals surface area (Å²) in [7, 11) is 2.94. The summed E-state index contributed by atoms with van der Waals surface area (Å²) in [6.07, 6.45) is 0. The van der Waals surface area contributed by atoms with Gasteiger partial charge in [0.05, 0.1) is 37.2 Å². The van der Waals surface area contributed by atoms with Crippen molar-refractivity contribution in [1.82, 2.24) is 10.2 Å². The molecule has 1 aliphatic rings. The molecular weight excluding hydrogens is 460 g/mol. The third-order valence-electron chi connectivity index (χ3n) is 5.04. The summed E-state index contributed by atoms with van der Waals surface area (Å²) in [4.78, 5) is 41.5. The monoisotopic (exact) mass is 488 g/mol. The minimum atomic E-state index is -0.455. The Morgan fingerprint density at radius 3 is 2.35 bits per heavy atom. The molecule has 34 heavy (non-hydrogen) atoms. The number of methoxy groups -OCH3 is 2.